The molecule has 1 atom stereocenters. The Morgan fingerprint density at radius 1 is 1.22 bits per heavy atom. The molecule has 23 heavy (non-hydrogen) atoms. The van der Waals surface area contributed by atoms with E-state index in [1.165, 1.54) is 25.6 Å². The Labute approximate surface area is 135 Å². The molecule has 124 valence electrons. The second-order valence-electron chi connectivity index (χ2n) is 5.46. The fourth-order valence-corrected chi connectivity index (χ4v) is 4.00. The molecule has 0 saturated carbocycles. The van der Waals surface area contributed by atoms with Crippen molar-refractivity contribution in [2.45, 2.75) is 25.5 Å². The number of imide groups is 1. The number of anilines is 1. The maximum absolute atomic E-state index is 12.6. The van der Waals surface area contributed by atoms with Gasteiger partial charge in [0.05, 0.1) is 14.1 Å². The van der Waals surface area contributed by atoms with Gasteiger partial charge >= 0.3 is 11.9 Å². The van der Waals surface area contributed by atoms with Gasteiger partial charge in [0.1, 0.15) is 5.71 Å². The molecule has 0 bridgehead atoms. The maximum atomic E-state index is 12.6. The Balaban J connectivity index is 2.38. The van der Waals surface area contributed by atoms with Crippen molar-refractivity contribution in [2.24, 2.45) is 0 Å². The van der Waals surface area contributed by atoms with Crippen LogP contribution in [0.15, 0.2) is 24.3 Å². The Hall–Kier alpha value is -2.22. The van der Waals surface area contributed by atoms with Gasteiger partial charge in [-0.15, -0.1) is 0 Å². The number of hydrogen-bond donors (Lipinski definition) is 1. The maximum Gasteiger partial charge on any atom is 0.500 e. The van der Waals surface area contributed by atoms with E-state index >= 15 is 0 Å². The lowest BCUT2D eigenvalue weighted by atomic mass is 10.2. The van der Waals surface area contributed by atoms with Gasteiger partial charge in [0, 0.05) is 5.69 Å². The van der Waals surface area contributed by atoms with Gasteiger partial charge in [-0.3, -0.25) is 4.72 Å². The van der Waals surface area contributed by atoms with E-state index in [1.54, 1.807) is 12.1 Å². The minimum Gasteiger partial charge on any atom is -0.282 e. The van der Waals surface area contributed by atoms with Crippen LogP contribution in [0.4, 0.5) is 10.5 Å². The van der Waals surface area contributed by atoms with Crippen LogP contribution in [0.1, 0.15) is 19.4 Å². The summed E-state index contributed by atoms with van der Waals surface area (Å²) in [6, 6.07) is 6.39. The number of hydrogen-bond acceptors (Lipinski definition) is 4. The molecule has 2 rings (SSSR count). The monoisotopic (exact) mass is 338 g/mol. The molecule has 7 nitrogen and oxygen atoms in total. The topological polar surface area (TPSA) is 86.6 Å². The summed E-state index contributed by atoms with van der Waals surface area (Å²) in [5.74, 6) is -0.761. The number of nitrogens with zero attached hydrogens (tertiary/aromatic N) is 2. The van der Waals surface area contributed by atoms with E-state index in [0.717, 1.165) is 16.9 Å². The summed E-state index contributed by atoms with van der Waals surface area (Å²) in [6.45, 7) is 3.47. The first-order chi connectivity index (χ1) is 10.7. The van der Waals surface area contributed by atoms with Crippen LogP contribution in [-0.4, -0.2) is 54.9 Å². The number of sulfonamides is 1. The first-order valence-corrected chi connectivity index (χ1v) is 8.73. The summed E-state index contributed by atoms with van der Waals surface area (Å²) >= 11 is 0. The van der Waals surface area contributed by atoms with Gasteiger partial charge in [-0.05, 0) is 31.0 Å². The molecule has 1 heterocycles. The predicted molar refractivity (Wildman–Crippen MR) is 87.2 cm³/mol. The SMILES string of the molecule is CCc1ccc(NS(=O)(=O)C2C(=O)N(C)C(=O)[N+](C)=C2C)cc1. The van der Waals surface area contributed by atoms with E-state index in [4.69, 9.17) is 0 Å². The molecule has 1 aromatic rings. The lowest BCUT2D eigenvalue weighted by molar-refractivity contribution is -0.405. The third kappa shape index (κ3) is 3.12. The number of carbonyl (C=O) groups excluding carboxylic acids is 2. The van der Waals surface area contributed by atoms with Crippen molar-refractivity contribution in [1.29, 1.82) is 0 Å². The second kappa shape index (κ2) is 6.11. The van der Waals surface area contributed by atoms with Crippen LogP contribution < -0.4 is 4.72 Å². The lowest BCUT2D eigenvalue weighted by Gasteiger charge is -2.23. The number of carbonyl (C=O) groups is 2. The van der Waals surface area contributed by atoms with Crippen LogP contribution in [-0.2, 0) is 21.2 Å². The van der Waals surface area contributed by atoms with E-state index in [2.05, 4.69) is 4.72 Å². The predicted octanol–water partition coefficient (Wildman–Crippen LogP) is 1.05. The van der Waals surface area contributed by atoms with Gasteiger partial charge in [0.15, 0.2) is 0 Å². The number of amides is 3. The Morgan fingerprint density at radius 3 is 2.30 bits per heavy atom. The molecular weight excluding hydrogens is 318 g/mol. The summed E-state index contributed by atoms with van der Waals surface area (Å²) in [7, 11) is -1.30. The van der Waals surface area contributed by atoms with Crippen molar-refractivity contribution in [3.63, 3.8) is 0 Å². The molecule has 0 spiro atoms. The summed E-state index contributed by atoms with van der Waals surface area (Å²) in [5, 5.41) is -1.43. The summed E-state index contributed by atoms with van der Waals surface area (Å²) in [4.78, 5) is 24.9. The van der Waals surface area contributed by atoms with Crippen molar-refractivity contribution < 1.29 is 22.6 Å². The normalized spacial score (nSPS) is 19.3. The van der Waals surface area contributed by atoms with E-state index in [0.29, 0.717) is 5.69 Å². The minimum absolute atomic E-state index is 0.177. The van der Waals surface area contributed by atoms with Crippen molar-refractivity contribution in [1.82, 2.24) is 4.90 Å². The number of nitrogens with one attached hydrogen (secondary N) is 1. The van der Waals surface area contributed by atoms with E-state index in [1.807, 2.05) is 19.1 Å². The van der Waals surface area contributed by atoms with Gasteiger partial charge in [-0.2, -0.15) is 14.3 Å². The smallest absolute Gasteiger partial charge is 0.282 e. The van der Waals surface area contributed by atoms with Crippen LogP contribution in [0.3, 0.4) is 0 Å². The van der Waals surface area contributed by atoms with Gasteiger partial charge in [-0.1, -0.05) is 19.1 Å². The summed E-state index contributed by atoms with van der Waals surface area (Å²) in [6.07, 6.45) is 0.846. The zero-order valence-electron chi connectivity index (χ0n) is 13.5. The first kappa shape index (κ1) is 17.1. The average Bonchev–Trinajstić information content (AvgIpc) is 2.51. The van der Waals surface area contributed by atoms with E-state index < -0.39 is 27.2 Å². The van der Waals surface area contributed by atoms with Gasteiger partial charge < -0.3 is 0 Å². The van der Waals surface area contributed by atoms with Crippen molar-refractivity contribution in [3.8, 4) is 0 Å². The quantitative estimate of drug-likeness (QED) is 0.832. The minimum atomic E-state index is -4.02. The zero-order valence-corrected chi connectivity index (χ0v) is 14.3. The standard InChI is InChI=1S/C15H20N3O4S/c1-5-11-6-8-12(9-7-11)16-23(21,22)13-10(2)17(3)15(20)18(4)14(13)19/h6-9,13,16H,5H2,1-4H3/q+1. The number of aryl methyl sites for hydroxylation is 1. The molecule has 1 aromatic carbocycles. The highest BCUT2D eigenvalue weighted by Crippen LogP contribution is 2.18. The average molecular weight is 338 g/mol. The molecule has 1 aliphatic rings. The molecule has 1 aliphatic heterocycles. The highest BCUT2D eigenvalue weighted by atomic mass is 32.2. The number of urea groups is 1. The molecule has 0 aliphatic carbocycles. The molecule has 1 unspecified atom stereocenters. The van der Waals surface area contributed by atoms with Crippen molar-refractivity contribution in [3.05, 3.63) is 29.8 Å². The first-order valence-electron chi connectivity index (χ1n) is 7.18. The third-order valence-corrected chi connectivity index (χ3v) is 5.65. The summed E-state index contributed by atoms with van der Waals surface area (Å²) < 4.78 is 28.8. The Morgan fingerprint density at radius 2 is 1.78 bits per heavy atom. The fraction of sp³-hybridized carbons (Fsp3) is 0.400. The third-order valence-electron chi connectivity index (χ3n) is 3.97. The highest BCUT2D eigenvalue weighted by molar-refractivity contribution is 7.94. The van der Waals surface area contributed by atoms with Crippen LogP contribution in [0.2, 0.25) is 0 Å². The van der Waals surface area contributed by atoms with Crippen LogP contribution in [0.25, 0.3) is 0 Å². The highest BCUT2D eigenvalue weighted by Gasteiger charge is 2.50. The molecule has 3 amide bonds. The zero-order chi connectivity index (χ0) is 17.4. The van der Waals surface area contributed by atoms with Gasteiger partial charge in [-0.25, -0.2) is 13.2 Å². The molecule has 8 heteroatoms. The molecular formula is C15H20N3O4S+. The van der Waals surface area contributed by atoms with Crippen molar-refractivity contribution in [2.75, 3.05) is 18.8 Å². The van der Waals surface area contributed by atoms with Crippen LogP contribution in [0.5, 0.6) is 0 Å². The lowest BCUT2D eigenvalue weighted by Crippen LogP contribution is -2.57. The number of rotatable bonds is 4. The van der Waals surface area contributed by atoms with Crippen LogP contribution in [0, 0.1) is 0 Å². The molecule has 0 fully saturated rings. The molecule has 1 N–H and O–H groups in total. The Bertz CT molecular complexity index is 781. The molecule has 0 radical (unpaired) electrons. The number of benzene rings is 1. The largest absolute Gasteiger partial charge is 0.500 e. The molecule has 0 aromatic heterocycles. The van der Waals surface area contributed by atoms with Crippen LogP contribution >= 0.6 is 0 Å². The fourth-order valence-electron chi connectivity index (χ4n) is 2.39. The van der Waals surface area contributed by atoms with E-state index in [-0.39, 0.29) is 5.71 Å². The molecule has 0 saturated heterocycles. The second-order valence-corrected chi connectivity index (χ2v) is 7.22. The Kier molecular flexibility index (Phi) is 4.56. The van der Waals surface area contributed by atoms with E-state index in [9.17, 15) is 18.0 Å². The van der Waals surface area contributed by atoms with Gasteiger partial charge in [0.2, 0.25) is 5.25 Å². The van der Waals surface area contributed by atoms with Gasteiger partial charge in [0.25, 0.3) is 10.0 Å². The summed E-state index contributed by atoms with van der Waals surface area (Å²) in [5.41, 5.74) is 1.63. The van der Waals surface area contributed by atoms with Crippen molar-refractivity contribution >= 4 is 33.4 Å².